The molecule has 0 unspecified atom stereocenters. The first-order valence-electron chi connectivity index (χ1n) is 9.98. The fourth-order valence-corrected chi connectivity index (χ4v) is 5.63. The summed E-state index contributed by atoms with van der Waals surface area (Å²) in [6.45, 7) is 4.71. The smallest absolute Gasteiger partial charge is 0.243 e. The van der Waals surface area contributed by atoms with Crippen LogP contribution in [0.3, 0.4) is 0 Å². The Morgan fingerprint density at radius 2 is 1.90 bits per heavy atom. The SMILES string of the molecule is CC(C)Oc1ccc(S(=O)(=O)N2CC=C(c3cn(CC=O)c4ccc(I)cc34)C2)cc1. The fourth-order valence-electron chi connectivity index (χ4n) is 3.78. The summed E-state index contributed by atoms with van der Waals surface area (Å²) in [7, 11) is -3.63. The first kappa shape index (κ1) is 22.0. The summed E-state index contributed by atoms with van der Waals surface area (Å²) in [5.41, 5.74) is 2.87. The summed E-state index contributed by atoms with van der Waals surface area (Å²) in [5, 5.41) is 1.02. The number of sulfonamides is 1. The summed E-state index contributed by atoms with van der Waals surface area (Å²) >= 11 is 2.26. The van der Waals surface area contributed by atoms with Crippen molar-refractivity contribution in [3.8, 4) is 5.75 Å². The molecule has 0 N–H and O–H groups in total. The molecule has 0 fully saturated rings. The molecule has 0 amide bonds. The molecule has 0 spiro atoms. The van der Waals surface area contributed by atoms with Gasteiger partial charge in [-0.05, 0) is 84.5 Å². The second kappa shape index (κ2) is 8.76. The molecule has 1 aliphatic heterocycles. The Morgan fingerprint density at radius 3 is 2.58 bits per heavy atom. The Hall–Kier alpha value is -2.17. The van der Waals surface area contributed by atoms with Crippen molar-refractivity contribution in [2.24, 2.45) is 0 Å². The third-order valence-electron chi connectivity index (χ3n) is 5.18. The number of halogens is 1. The van der Waals surface area contributed by atoms with E-state index in [9.17, 15) is 13.2 Å². The van der Waals surface area contributed by atoms with Crippen LogP contribution in [-0.2, 0) is 21.4 Å². The monoisotopic (exact) mass is 550 g/mol. The Kier molecular flexibility index (Phi) is 6.23. The van der Waals surface area contributed by atoms with Gasteiger partial charge in [0, 0.05) is 39.3 Å². The number of carbonyl (C=O) groups is 1. The summed E-state index contributed by atoms with van der Waals surface area (Å²) in [4.78, 5) is 11.4. The lowest BCUT2D eigenvalue weighted by molar-refractivity contribution is -0.108. The van der Waals surface area contributed by atoms with Crippen molar-refractivity contribution in [1.82, 2.24) is 8.87 Å². The minimum atomic E-state index is -3.63. The number of benzene rings is 2. The number of hydrogen-bond donors (Lipinski definition) is 0. The van der Waals surface area contributed by atoms with E-state index < -0.39 is 10.0 Å². The zero-order valence-corrected chi connectivity index (χ0v) is 20.3. The van der Waals surface area contributed by atoms with Gasteiger partial charge in [0.15, 0.2) is 0 Å². The van der Waals surface area contributed by atoms with Gasteiger partial charge in [0.05, 0.1) is 17.5 Å². The van der Waals surface area contributed by atoms with E-state index in [4.69, 9.17) is 4.74 Å². The highest BCUT2D eigenvalue weighted by Crippen LogP contribution is 2.33. The third-order valence-corrected chi connectivity index (χ3v) is 7.68. The van der Waals surface area contributed by atoms with E-state index in [0.29, 0.717) is 12.3 Å². The molecule has 8 heteroatoms. The van der Waals surface area contributed by atoms with Crippen LogP contribution in [-0.4, -0.2) is 42.8 Å². The van der Waals surface area contributed by atoms with Crippen molar-refractivity contribution < 1.29 is 17.9 Å². The van der Waals surface area contributed by atoms with Crippen LogP contribution in [0, 0.1) is 3.57 Å². The van der Waals surface area contributed by atoms with Crippen molar-refractivity contribution >= 4 is 55.4 Å². The van der Waals surface area contributed by atoms with Crippen LogP contribution in [0.15, 0.2) is 59.6 Å². The van der Waals surface area contributed by atoms with Gasteiger partial charge in [-0.25, -0.2) is 8.42 Å². The summed E-state index contributed by atoms with van der Waals surface area (Å²) in [6, 6.07) is 12.6. The van der Waals surface area contributed by atoms with Gasteiger partial charge in [-0.1, -0.05) is 6.08 Å². The van der Waals surface area contributed by atoms with Gasteiger partial charge in [-0.15, -0.1) is 0 Å². The normalized spacial score (nSPS) is 14.9. The van der Waals surface area contributed by atoms with E-state index in [1.165, 1.54) is 4.31 Å². The van der Waals surface area contributed by atoms with Crippen molar-refractivity contribution in [1.29, 1.82) is 0 Å². The van der Waals surface area contributed by atoms with Gasteiger partial charge >= 0.3 is 0 Å². The van der Waals surface area contributed by atoms with E-state index in [0.717, 1.165) is 31.9 Å². The molecular weight excluding hydrogens is 527 g/mol. The third kappa shape index (κ3) is 4.42. The lowest BCUT2D eigenvalue weighted by Gasteiger charge is -2.17. The van der Waals surface area contributed by atoms with E-state index in [-0.39, 0.29) is 24.1 Å². The van der Waals surface area contributed by atoms with E-state index in [1.54, 1.807) is 24.3 Å². The van der Waals surface area contributed by atoms with Crippen LogP contribution in [0.2, 0.25) is 0 Å². The summed E-state index contributed by atoms with van der Waals surface area (Å²) in [5.74, 6) is 0.645. The molecule has 2 aromatic carbocycles. The van der Waals surface area contributed by atoms with Crippen molar-refractivity contribution in [2.45, 2.75) is 31.4 Å². The molecule has 6 nitrogen and oxygen atoms in total. The highest BCUT2D eigenvalue weighted by molar-refractivity contribution is 14.1. The number of nitrogens with zero attached hydrogens (tertiary/aromatic N) is 2. The molecule has 1 aromatic heterocycles. The zero-order valence-electron chi connectivity index (χ0n) is 17.3. The highest BCUT2D eigenvalue weighted by atomic mass is 127. The van der Waals surface area contributed by atoms with Crippen LogP contribution in [0.5, 0.6) is 5.75 Å². The average Bonchev–Trinajstić information content (AvgIpc) is 3.34. The van der Waals surface area contributed by atoms with Crippen LogP contribution in [0.25, 0.3) is 16.5 Å². The van der Waals surface area contributed by atoms with Crippen molar-refractivity contribution in [3.05, 3.63) is 63.9 Å². The molecule has 0 saturated heterocycles. The van der Waals surface area contributed by atoms with Gasteiger partial charge < -0.3 is 14.1 Å². The van der Waals surface area contributed by atoms with Crippen molar-refractivity contribution in [3.63, 3.8) is 0 Å². The molecular formula is C23H23IN2O4S. The Bertz CT molecular complexity index is 1260. The molecule has 3 aromatic rings. The van der Waals surface area contributed by atoms with Crippen LogP contribution >= 0.6 is 22.6 Å². The fraction of sp³-hybridized carbons (Fsp3) is 0.261. The molecule has 162 valence electrons. The molecule has 31 heavy (non-hydrogen) atoms. The number of aromatic nitrogens is 1. The predicted octanol–water partition coefficient (Wildman–Crippen LogP) is 4.32. The first-order valence-corrected chi connectivity index (χ1v) is 12.5. The Morgan fingerprint density at radius 1 is 1.16 bits per heavy atom. The van der Waals surface area contributed by atoms with Crippen LogP contribution in [0.1, 0.15) is 19.4 Å². The topological polar surface area (TPSA) is 68.6 Å². The lowest BCUT2D eigenvalue weighted by atomic mass is 10.1. The number of rotatable bonds is 7. The summed E-state index contributed by atoms with van der Waals surface area (Å²) in [6.07, 6.45) is 4.79. The second-order valence-electron chi connectivity index (χ2n) is 7.69. The average molecular weight is 550 g/mol. The molecule has 1 aliphatic rings. The minimum Gasteiger partial charge on any atom is -0.491 e. The second-order valence-corrected chi connectivity index (χ2v) is 10.9. The van der Waals surface area contributed by atoms with Gasteiger partial charge in [0.2, 0.25) is 10.0 Å². The minimum absolute atomic E-state index is 0.0252. The van der Waals surface area contributed by atoms with Gasteiger partial charge in [-0.2, -0.15) is 4.31 Å². The first-order chi connectivity index (χ1) is 14.8. The zero-order chi connectivity index (χ0) is 22.2. The molecule has 0 aliphatic carbocycles. The Balaban J connectivity index is 1.60. The molecule has 0 atom stereocenters. The maximum atomic E-state index is 13.2. The molecule has 0 radical (unpaired) electrons. The van der Waals surface area contributed by atoms with Crippen LogP contribution in [0.4, 0.5) is 0 Å². The van der Waals surface area contributed by atoms with E-state index in [2.05, 4.69) is 28.7 Å². The van der Waals surface area contributed by atoms with Gasteiger partial charge in [-0.3, -0.25) is 0 Å². The van der Waals surface area contributed by atoms with Gasteiger partial charge in [0.25, 0.3) is 0 Å². The number of ether oxygens (including phenoxy) is 1. The van der Waals surface area contributed by atoms with Gasteiger partial charge in [0.1, 0.15) is 12.0 Å². The van der Waals surface area contributed by atoms with E-state index in [1.807, 2.05) is 42.8 Å². The molecule has 2 heterocycles. The molecule has 0 bridgehead atoms. The number of hydrogen-bond acceptors (Lipinski definition) is 4. The Labute approximate surface area is 195 Å². The predicted molar refractivity (Wildman–Crippen MR) is 130 cm³/mol. The maximum absolute atomic E-state index is 13.2. The number of carbonyl (C=O) groups excluding carboxylic acids is 1. The van der Waals surface area contributed by atoms with Crippen LogP contribution < -0.4 is 4.74 Å². The summed E-state index contributed by atoms with van der Waals surface area (Å²) < 4.78 is 36.4. The molecule has 0 saturated carbocycles. The van der Waals surface area contributed by atoms with Crippen molar-refractivity contribution in [2.75, 3.05) is 13.1 Å². The maximum Gasteiger partial charge on any atom is 0.243 e. The quantitative estimate of drug-likeness (QED) is 0.325. The lowest BCUT2D eigenvalue weighted by Crippen LogP contribution is -2.29. The highest BCUT2D eigenvalue weighted by Gasteiger charge is 2.29. The number of fused-ring (bicyclic) bond motifs is 1. The number of aldehydes is 1. The largest absolute Gasteiger partial charge is 0.491 e. The standard InChI is InChI=1S/C23H23IN2O4S/c1-16(2)30-19-4-6-20(7-5-19)31(28,29)26-10-9-17(14-26)22-15-25(11-12-27)23-8-3-18(24)13-21(22)23/h3-9,12-13,15-16H,10-11,14H2,1-2H3. The van der Waals surface area contributed by atoms with E-state index >= 15 is 0 Å². The molecule has 4 rings (SSSR count).